The summed E-state index contributed by atoms with van der Waals surface area (Å²) in [4.78, 5) is 0. The Bertz CT molecular complexity index is 1190. The van der Waals surface area contributed by atoms with Gasteiger partial charge in [0.1, 0.15) is 0 Å². The first-order chi connectivity index (χ1) is 20.7. The molecule has 0 unspecified atom stereocenters. The SMILES string of the molecule is C[Si](C)(CCCN)O[Si](O[Si](O[Si](C)(C)CCCN)(c1ccccc1)c1ccccc1)(c1ccccc1)c1ccccc1. The summed E-state index contributed by atoms with van der Waals surface area (Å²) in [6, 6.07) is 44.3. The standard InChI is InChI=1S/C34H48N2O3Si4/c1-40(2,29-17-27-35)37-42(31-19-9-5-10-20-31,32-21-11-6-12-22-32)39-43(33-23-13-7-14-24-33,34-25-15-8-16-26-34)38-41(3,4)30-18-28-36/h5-16,19-26H,17-18,27-30,35-36H2,1-4H3. The molecule has 0 aliphatic heterocycles. The van der Waals surface area contributed by atoms with E-state index < -0.39 is 33.8 Å². The highest BCUT2D eigenvalue weighted by molar-refractivity contribution is 7.08. The van der Waals surface area contributed by atoms with Crippen LogP contribution in [0.2, 0.25) is 38.3 Å². The van der Waals surface area contributed by atoms with Crippen molar-refractivity contribution in [1.82, 2.24) is 0 Å². The molecule has 0 saturated carbocycles. The maximum atomic E-state index is 8.04. The van der Waals surface area contributed by atoms with Gasteiger partial charge in [0, 0.05) is 0 Å². The van der Waals surface area contributed by atoms with Crippen LogP contribution in [0.25, 0.3) is 0 Å². The molecule has 0 aliphatic carbocycles. The van der Waals surface area contributed by atoms with Crippen molar-refractivity contribution in [3.63, 3.8) is 0 Å². The lowest BCUT2D eigenvalue weighted by atomic mass is 10.4. The summed E-state index contributed by atoms with van der Waals surface area (Å²) in [5.41, 5.74) is 12.0. The van der Waals surface area contributed by atoms with Gasteiger partial charge < -0.3 is 23.8 Å². The van der Waals surface area contributed by atoms with E-state index in [4.69, 9.17) is 23.8 Å². The van der Waals surface area contributed by atoms with Crippen molar-refractivity contribution in [3.05, 3.63) is 121 Å². The second-order valence-electron chi connectivity index (χ2n) is 12.3. The van der Waals surface area contributed by atoms with Crippen molar-refractivity contribution >= 4 is 54.5 Å². The maximum absolute atomic E-state index is 8.04. The number of hydrogen-bond acceptors (Lipinski definition) is 5. The van der Waals surface area contributed by atoms with E-state index in [-0.39, 0.29) is 0 Å². The summed E-state index contributed by atoms with van der Waals surface area (Å²) in [7, 11) is -11.4. The van der Waals surface area contributed by atoms with E-state index in [9.17, 15) is 0 Å². The molecular weight excluding hydrogens is 597 g/mol. The van der Waals surface area contributed by atoms with Crippen LogP contribution < -0.4 is 32.2 Å². The fourth-order valence-electron chi connectivity index (χ4n) is 5.61. The predicted octanol–water partition coefficient (Wildman–Crippen LogP) is 4.66. The summed E-state index contributed by atoms with van der Waals surface area (Å²) in [6.07, 6.45) is 1.84. The van der Waals surface area contributed by atoms with Crippen molar-refractivity contribution < 1.29 is 12.3 Å². The van der Waals surface area contributed by atoms with Gasteiger partial charge in [0.2, 0.25) is 0 Å². The van der Waals surface area contributed by atoms with Gasteiger partial charge in [-0.05, 0) is 85.0 Å². The van der Waals surface area contributed by atoms with E-state index >= 15 is 0 Å². The van der Waals surface area contributed by atoms with Gasteiger partial charge in [-0.25, -0.2) is 0 Å². The fraction of sp³-hybridized carbons (Fsp3) is 0.294. The number of nitrogens with two attached hydrogens (primary N) is 2. The summed E-state index contributed by atoms with van der Waals surface area (Å²) in [5, 5.41) is 4.35. The molecule has 0 aliphatic rings. The van der Waals surface area contributed by atoms with Crippen molar-refractivity contribution in [2.45, 2.75) is 51.1 Å². The zero-order chi connectivity index (χ0) is 30.8. The third kappa shape index (κ3) is 8.38. The highest BCUT2D eigenvalue weighted by Gasteiger charge is 2.57. The molecule has 0 spiro atoms. The molecule has 4 aromatic rings. The minimum absolute atomic E-state index is 0.642. The summed E-state index contributed by atoms with van der Waals surface area (Å²) in [5.74, 6) is 0. The van der Waals surface area contributed by atoms with E-state index in [1.807, 2.05) is 0 Å². The molecule has 0 bridgehead atoms. The van der Waals surface area contributed by atoms with Crippen LogP contribution in [0.5, 0.6) is 0 Å². The Morgan fingerprint density at radius 1 is 0.419 bits per heavy atom. The molecule has 5 nitrogen and oxygen atoms in total. The van der Waals surface area contributed by atoms with Gasteiger partial charge in [-0.2, -0.15) is 0 Å². The van der Waals surface area contributed by atoms with E-state index in [0.717, 1.165) is 45.7 Å². The first kappa shape index (κ1) is 33.4. The van der Waals surface area contributed by atoms with Crippen LogP contribution in [0.4, 0.5) is 0 Å². The third-order valence-corrected chi connectivity index (χ3v) is 24.2. The first-order valence-corrected chi connectivity index (χ1v) is 25.3. The minimum Gasteiger partial charge on any atom is -0.430 e. The molecular formula is C34H48N2O3Si4. The Labute approximate surface area is 263 Å². The second kappa shape index (κ2) is 15.0. The molecule has 0 amide bonds. The molecule has 228 valence electrons. The quantitative estimate of drug-likeness (QED) is 0.174. The van der Waals surface area contributed by atoms with Crippen molar-refractivity contribution in [2.75, 3.05) is 13.1 Å². The van der Waals surface area contributed by atoms with Gasteiger partial charge in [-0.1, -0.05) is 121 Å². The Balaban J connectivity index is 2.06. The lowest BCUT2D eigenvalue weighted by molar-refractivity contribution is 0.351. The van der Waals surface area contributed by atoms with Crippen molar-refractivity contribution in [2.24, 2.45) is 11.5 Å². The van der Waals surface area contributed by atoms with E-state index in [1.165, 1.54) is 0 Å². The molecule has 0 aromatic heterocycles. The smallest absolute Gasteiger partial charge is 0.388 e. The Hall–Kier alpha value is -2.45. The second-order valence-corrected chi connectivity index (χ2v) is 27.6. The van der Waals surface area contributed by atoms with Gasteiger partial charge in [-0.15, -0.1) is 0 Å². The van der Waals surface area contributed by atoms with Crippen LogP contribution in [-0.2, 0) is 12.3 Å². The zero-order valence-electron chi connectivity index (χ0n) is 26.2. The van der Waals surface area contributed by atoms with Crippen LogP contribution in [0, 0.1) is 0 Å². The molecule has 9 heteroatoms. The predicted molar refractivity (Wildman–Crippen MR) is 191 cm³/mol. The summed E-state index contributed by atoms with van der Waals surface area (Å²) >= 11 is 0. The van der Waals surface area contributed by atoms with Crippen LogP contribution in [0.3, 0.4) is 0 Å². The third-order valence-electron chi connectivity index (χ3n) is 7.71. The molecule has 43 heavy (non-hydrogen) atoms. The molecule has 4 N–H and O–H groups in total. The van der Waals surface area contributed by atoms with Gasteiger partial charge in [0.25, 0.3) is 0 Å². The molecule has 0 radical (unpaired) electrons. The highest BCUT2D eigenvalue weighted by atomic mass is 28.5. The zero-order valence-corrected chi connectivity index (χ0v) is 30.2. The summed E-state index contributed by atoms with van der Waals surface area (Å²) < 4.78 is 23.3. The topological polar surface area (TPSA) is 79.7 Å². The number of hydrogen-bond donors (Lipinski definition) is 2. The Morgan fingerprint density at radius 3 is 0.907 bits per heavy atom. The number of benzene rings is 4. The molecule has 4 rings (SSSR count). The average molecular weight is 645 g/mol. The molecule has 0 saturated heterocycles. The van der Waals surface area contributed by atoms with Gasteiger partial charge >= 0.3 is 17.1 Å². The molecule has 0 heterocycles. The van der Waals surface area contributed by atoms with Gasteiger partial charge in [0.15, 0.2) is 16.6 Å². The van der Waals surface area contributed by atoms with E-state index in [1.54, 1.807) is 0 Å². The van der Waals surface area contributed by atoms with E-state index in [2.05, 4.69) is 148 Å². The van der Waals surface area contributed by atoms with Crippen LogP contribution in [0.1, 0.15) is 12.8 Å². The number of rotatable bonds is 16. The Kier molecular flexibility index (Phi) is 11.7. The minimum atomic E-state index is -3.41. The van der Waals surface area contributed by atoms with Crippen molar-refractivity contribution in [1.29, 1.82) is 0 Å². The van der Waals surface area contributed by atoms with Crippen molar-refractivity contribution in [3.8, 4) is 0 Å². The lowest BCUT2D eigenvalue weighted by Gasteiger charge is -2.47. The highest BCUT2D eigenvalue weighted by Crippen LogP contribution is 2.28. The average Bonchev–Trinajstić information content (AvgIpc) is 3.03. The normalized spacial score (nSPS) is 12.8. The first-order valence-electron chi connectivity index (χ1n) is 15.4. The van der Waals surface area contributed by atoms with Crippen LogP contribution in [0.15, 0.2) is 121 Å². The summed E-state index contributed by atoms with van der Waals surface area (Å²) in [6.45, 7) is 10.5. The van der Waals surface area contributed by atoms with Crippen LogP contribution >= 0.6 is 0 Å². The van der Waals surface area contributed by atoms with Crippen LogP contribution in [-0.4, -0.2) is 46.8 Å². The lowest BCUT2D eigenvalue weighted by Crippen LogP contribution is -2.78. The fourth-order valence-corrected chi connectivity index (χ4v) is 24.4. The molecule has 4 aromatic carbocycles. The Morgan fingerprint density at radius 2 is 0.674 bits per heavy atom. The monoisotopic (exact) mass is 644 g/mol. The van der Waals surface area contributed by atoms with E-state index in [0.29, 0.717) is 13.1 Å². The molecule has 0 atom stereocenters. The largest absolute Gasteiger partial charge is 0.430 e. The van der Waals surface area contributed by atoms with Gasteiger partial charge in [0.05, 0.1) is 0 Å². The van der Waals surface area contributed by atoms with Gasteiger partial charge in [-0.3, -0.25) is 0 Å². The maximum Gasteiger partial charge on any atom is 0.388 e. The molecule has 0 fully saturated rings.